The van der Waals surface area contributed by atoms with E-state index < -0.39 is 5.54 Å². The predicted molar refractivity (Wildman–Crippen MR) is 74.5 cm³/mol. The fourth-order valence-electron chi connectivity index (χ4n) is 3.17. The zero-order valence-electron chi connectivity index (χ0n) is 12.5. The molecule has 2 fully saturated rings. The number of carbonyl (C=O) groups excluding carboxylic acids is 2. The van der Waals surface area contributed by atoms with Gasteiger partial charge in [0.15, 0.2) is 0 Å². The summed E-state index contributed by atoms with van der Waals surface area (Å²) >= 11 is 0. The lowest BCUT2D eigenvalue weighted by molar-refractivity contribution is -0.159. The fourth-order valence-corrected chi connectivity index (χ4v) is 3.17. The molecule has 2 rings (SSSR count). The van der Waals surface area contributed by atoms with Gasteiger partial charge in [0, 0.05) is 6.54 Å². The summed E-state index contributed by atoms with van der Waals surface area (Å²) < 4.78 is 0. The second kappa shape index (κ2) is 5.14. The van der Waals surface area contributed by atoms with E-state index in [0.717, 1.165) is 12.8 Å². The van der Waals surface area contributed by atoms with Crippen LogP contribution in [0.4, 0.5) is 0 Å². The van der Waals surface area contributed by atoms with E-state index >= 15 is 0 Å². The van der Waals surface area contributed by atoms with Crippen molar-refractivity contribution in [3.05, 3.63) is 0 Å². The molecule has 1 unspecified atom stereocenters. The third-order valence-electron chi connectivity index (χ3n) is 4.57. The Morgan fingerprint density at radius 3 is 2.26 bits per heavy atom. The third kappa shape index (κ3) is 2.37. The minimum atomic E-state index is -0.632. The molecular weight excluding hydrogens is 240 g/mol. The van der Waals surface area contributed by atoms with Crippen LogP contribution < -0.4 is 5.32 Å². The van der Waals surface area contributed by atoms with Crippen LogP contribution in [0.3, 0.4) is 0 Å². The van der Waals surface area contributed by atoms with E-state index in [9.17, 15) is 9.59 Å². The van der Waals surface area contributed by atoms with Crippen LogP contribution in [0.1, 0.15) is 53.4 Å². The minimum absolute atomic E-state index is 0.0506. The first-order valence-corrected chi connectivity index (χ1v) is 7.58. The molecule has 1 heterocycles. The van der Waals surface area contributed by atoms with E-state index in [1.54, 1.807) is 0 Å². The molecule has 1 aliphatic carbocycles. The number of amides is 2. The van der Waals surface area contributed by atoms with Crippen LogP contribution in [0.2, 0.25) is 0 Å². The maximum Gasteiger partial charge on any atom is 0.246 e. The molecule has 4 heteroatoms. The molecule has 1 saturated heterocycles. The minimum Gasteiger partial charge on any atom is -0.342 e. The molecule has 0 bridgehead atoms. The summed E-state index contributed by atoms with van der Waals surface area (Å²) in [6, 6.07) is -0.266. The van der Waals surface area contributed by atoms with Crippen molar-refractivity contribution in [2.45, 2.75) is 65.0 Å². The van der Waals surface area contributed by atoms with Crippen LogP contribution in [-0.2, 0) is 9.59 Å². The van der Waals surface area contributed by atoms with Crippen molar-refractivity contribution in [1.29, 1.82) is 0 Å². The van der Waals surface area contributed by atoms with E-state index in [2.05, 4.69) is 19.2 Å². The van der Waals surface area contributed by atoms with Gasteiger partial charge in [-0.1, -0.05) is 27.7 Å². The summed E-state index contributed by atoms with van der Waals surface area (Å²) in [5.74, 6) is 0.944. The molecule has 108 valence electrons. The van der Waals surface area contributed by atoms with Crippen LogP contribution in [0.5, 0.6) is 0 Å². The maximum atomic E-state index is 12.7. The van der Waals surface area contributed by atoms with Crippen LogP contribution >= 0.6 is 0 Å². The molecule has 0 aromatic carbocycles. The topological polar surface area (TPSA) is 49.4 Å². The first-order valence-electron chi connectivity index (χ1n) is 7.58. The maximum absolute atomic E-state index is 12.7. The van der Waals surface area contributed by atoms with Gasteiger partial charge in [-0.15, -0.1) is 0 Å². The van der Waals surface area contributed by atoms with Gasteiger partial charge in [-0.3, -0.25) is 9.59 Å². The molecular formula is C15H26N2O2. The Bertz CT molecular complexity index is 370. The van der Waals surface area contributed by atoms with Gasteiger partial charge in [0.2, 0.25) is 11.8 Å². The Labute approximate surface area is 115 Å². The van der Waals surface area contributed by atoms with Crippen molar-refractivity contribution in [1.82, 2.24) is 10.2 Å². The van der Waals surface area contributed by atoms with Crippen molar-refractivity contribution in [3.8, 4) is 0 Å². The smallest absolute Gasteiger partial charge is 0.246 e. The Balaban J connectivity index is 2.31. The molecule has 1 atom stereocenters. The SMILES string of the molecule is CCC1(CC)C(=O)NC(C2CC2)C(=O)N1CC(C)C. The second-order valence-corrected chi connectivity index (χ2v) is 6.37. The van der Waals surface area contributed by atoms with Gasteiger partial charge in [0.25, 0.3) is 0 Å². The van der Waals surface area contributed by atoms with Gasteiger partial charge in [0.1, 0.15) is 11.6 Å². The highest BCUT2D eigenvalue weighted by atomic mass is 16.2. The van der Waals surface area contributed by atoms with Crippen LogP contribution in [0, 0.1) is 11.8 Å². The largest absolute Gasteiger partial charge is 0.342 e. The molecule has 1 aliphatic heterocycles. The summed E-state index contributed by atoms with van der Waals surface area (Å²) in [5.41, 5.74) is -0.632. The van der Waals surface area contributed by atoms with Gasteiger partial charge < -0.3 is 10.2 Å². The van der Waals surface area contributed by atoms with Crippen molar-refractivity contribution in [2.24, 2.45) is 11.8 Å². The highest BCUT2D eigenvalue weighted by Gasteiger charge is 2.53. The molecule has 2 amide bonds. The monoisotopic (exact) mass is 266 g/mol. The van der Waals surface area contributed by atoms with E-state index in [1.807, 2.05) is 18.7 Å². The van der Waals surface area contributed by atoms with Crippen LogP contribution in [0.15, 0.2) is 0 Å². The third-order valence-corrected chi connectivity index (χ3v) is 4.57. The molecule has 2 aliphatic rings. The van der Waals surface area contributed by atoms with E-state index in [4.69, 9.17) is 0 Å². The van der Waals surface area contributed by atoms with E-state index in [-0.39, 0.29) is 17.9 Å². The van der Waals surface area contributed by atoms with Gasteiger partial charge in [0.05, 0.1) is 0 Å². The zero-order valence-corrected chi connectivity index (χ0v) is 12.5. The summed E-state index contributed by atoms with van der Waals surface area (Å²) in [4.78, 5) is 27.2. The van der Waals surface area contributed by atoms with Crippen molar-refractivity contribution in [2.75, 3.05) is 6.54 Å². The van der Waals surface area contributed by atoms with Gasteiger partial charge >= 0.3 is 0 Å². The summed E-state index contributed by atoms with van der Waals surface area (Å²) in [5, 5.41) is 2.99. The average Bonchev–Trinajstić information content (AvgIpc) is 3.18. The van der Waals surface area contributed by atoms with Gasteiger partial charge in [-0.25, -0.2) is 0 Å². The zero-order chi connectivity index (χ0) is 14.2. The number of piperazine rings is 1. The fraction of sp³-hybridized carbons (Fsp3) is 0.867. The van der Waals surface area contributed by atoms with Crippen LogP contribution in [0.25, 0.3) is 0 Å². The Morgan fingerprint density at radius 1 is 1.26 bits per heavy atom. The summed E-state index contributed by atoms with van der Waals surface area (Å²) in [6.45, 7) is 8.88. The predicted octanol–water partition coefficient (Wildman–Crippen LogP) is 1.94. The molecule has 0 aromatic rings. The Morgan fingerprint density at radius 2 is 1.84 bits per heavy atom. The number of hydrogen-bond donors (Lipinski definition) is 1. The highest BCUT2D eigenvalue weighted by Crippen LogP contribution is 2.38. The standard InChI is InChI=1S/C15H26N2O2/c1-5-15(6-2)14(19)16-12(11-7-8-11)13(18)17(15)9-10(3)4/h10-12H,5-9H2,1-4H3,(H,16,19). The highest BCUT2D eigenvalue weighted by molar-refractivity contribution is 6.00. The average molecular weight is 266 g/mol. The van der Waals surface area contributed by atoms with E-state index in [1.165, 1.54) is 0 Å². The molecule has 19 heavy (non-hydrogen) atoms. The number of hydrogen-bond acceptors (Lipinski definition) is 2. The van der Waals surface area contributed by atoms with Crippen molar-refractivity contribution < 1.29 is 9.59 Å². The quantitative estimate of drug-likeness (QED) is 0.826. The Hall–Kier alpha value is -1.06. The van der Waals surface area contributed by atoms with E-state index in [0.29, 0.717) is 31.2 Å². The van der Waals surface area contributed by atoms with Gasteiger partial charge in [-0.2, -0.15) is 0 Å². The summed E-state index contributed by atoms with van der Waals surface area (Å²) in [6.07, 6.45) is 3.51. The second-order valence-electron chi connectivity index (χ2n) is 6.37. The first-order chi connectivity index (χ1) is 8.96. The normalized spacial score (nSPS) is 26.8. The van der Waals surface area contributed by atoms with Crippen molar-refractivity contribution in [3.63, 3.8) is 0 Å². The number of carbonyl (C=O) groups is 2. The molecule has 4 nitrogen and oxygen atoms in total. The molecule has 1 N–H and O–H groups in total. The molecule has 0 aromatic heterocycles. The Kier molecular flexibility index (Phi) is 3.88. The molecule has 0 radical (unpaired) electrons. The number of nitrogens with one attached hydrogen (secondary N) is 1. The van der Waals surface area contributed by atoms with Gasteiger partial charge in [-0.05, 0) is 37.5 Å². The lowest BCUT2D eigenvalue weighted by Crippen LogP contribution is -2.71. The van der Waals surface area contributed by atoms with Crippen LogP contribution in [-0.4, -0.2) is 34.8 Å². The lowest BCUT2D eigenvalue weighted by atomic mass is 9.84. The first kappa shape index (κ1) is 14.4. The molecule has 0 spiro atoms. The number of nitrogens with zero attached hydrogens (tertiary/aromatic N) is 1. The number of rotatable bonds is 5. The summed E-state index contributed by atoms with van der Waals surface area (Å²) in [7, 11) is 0. The lowest BCUT2D eigenvalue weighted by Gasteiger charge is -2.48. The molecule has 1 saturated carbocycles. The van der Waals surface area contributed by atoms with Crippen molar-refractivity contribution >= 4 is 11.8 Å².